The van der Waals surface area contributed by atoms with Gasteiger partial charge in [0.1, 0.15) is 5.75 Å². The molecule has 0 radical (unpaired) electrons. The zero-order valence-electron chi connectivity index (χ0n) is 13.8. The van der Waals surface area contributed by atoms with Crippen LogP contribution >= 0.6 is 0 Å². The summed E-state index contributed by atoms with van der Waals surface area (Å²) >= 11 is 0. The normalized spacial score (nSPS) is 23.5. The maximum absolute atomic E-state index is 12.4. The SMILES string of the molecule is COc1ccc2c(c1)CCC[C@@H]2CNC(=O)N1CCC[C@@H]1CO. The van der Waals surface area contributed by atoms with Crippen LogP contribution < -0.4 is 10.1 Å². The highest BCUT2D eigenvalue weighted by molar-refractivity contribution is 5.75. The van der Waals surface area contributed by atoms with E-state index in [0.29, 0.717) is 12.5 Å². The molecule has 0 spiro atoms. The number of amides is 2. The van der Waals surface area contributed by atoms with Crippen LogP contribution in [0.5, 0.6) is 5.75 Å². The smallest absolute Gasteiger partial charge is 0.317 e. The molecule has 23 heavy (non-hydrogen) atoms. The quantitative estimate of drug-likeness (QED) is 0.895. The third-order valence-corrected chi connectivity index (χ3v) is 5.14. The molecule has 0 unspecified atom stereocenters. The number of nitrogens with one attached hydrogen (secondary N) is 1. The average Bonchev–Trinajstić information content (AvgIpc) is 3.07. The summed E-state index contributed by atoms with van der Waals surface area (Å²) in [4.78, 5) is 14.1. The van der Waals surface area contributed by atoms with Gasteiger partial charge in [-0.15, -0.1) is 0 Å². The summed E-state index contributed by atoms with van der Waals surface area (Å²) < 4.78 is 5.31. The molecule has 0 bridgehead atoms. The van der Waals surface area contributed by atoms with Crippen molar-refractivity contribution < 1.29 is 14.6 Å². The number of hydrogen-bond donors (Lipinski definition) is 2. The Hall–Kier alpha value is -1.75. The van der Waals surface area contributed by atoms with Gasteiger partial charge in [-0.05, 0) is 55.4 Å². The number of fused-ring (bicyclic) bond motifs is 1. The van der Waals surface area contributed by atoms with Crippen molar-refractivity contribution in [3.8, 4) is 5.75 Å². The van der Waals surface area contributed by atoms with Crippen LogP contribution in [-0.4, -0.2) is 48.9 Å². The summed E-state index contributed by atoms with van der Waals surface area (Å²) in [6.07, 6.45) is 5.20. The molecule has 5 nitrogen and oxygen atoms in total. The van der Waals surface area contributed by atoms with E-state index < -0.39 is 0 Å². The lowest BCUT2D eigenvalue weighted by atomic mass is 9.82. The first-order chi connectivity index (χ1) is 11.2. The molecule has 1 fully saturated rings. The van der Waals surface area contributed by atoms with Crippen LogP contribution in [0.4, 0.5) is 4.79 Å². The van der Waals surface area contributed by atoms with Gasteiger partial charge in [-0.1, -0.05) is 6.07 Å². The van der Waals surface area contributed by atoms with Gasteiger partial charge in [-0.3, -0.25) is 0 Å². The fourth-order valence-electron chi connectivity index (χ4n) is 3.84. The van der Waals surface area contributed by atoms with Crippen LogP contribution in [0.25, 0.3) is 0 Å². The van der Waals surface area contributed by atoms with E-state index in [2.05, 4.69) is 17.4 Å². The molecule has 2 amide bonds. The third kappa shape index (κ3) is 3.44. The first-order valence-electron chi connectivity index (χ1n) is 8.55. The van der Waals surface area contributed by atoms with E-state index in [-0.39, 0.29) is 18.7 Å². The minimum Gasteiger partial charge on any atom is -0.497 e. The van der Waals surface area contributed by atoms with E-state index in [1.54, 1.807) is 12.0 Å². The Morgan fingerprint density at radius 1 is 1.39 bits per heavy atom. The van der Waals surface area contributed by atoms with Crippen molar-refractivity contribution in [3.63, 3.8) is 0 Å². The molecule has 2 atom stereocenters. The molecule has 1 saturated heterocycles. The van der Waals surface area contributed by atoms with E-state index >= 15 is 0 Å². The average molecular weight is 318 g/mol. The summed E-state index contributed by atoms with van der Waals surface area (Å²) in [5.74, 6) is 1.26. The van der Waals surface area contributed by atoms with Gasteiger partial charge < -0.3 is 20.1 Å². The number of likely N-dealkylation sites (tertiary alicyclic amines) is 1. The van der Waals surface area contributed by atoms with Crippen LogP contribution in [0.1, 0.15) is 42.7 Å². The molecule has 126 valence electrons. The zero-order chi connectivity index (χ0) is 16.2. The van der Waals surface area contributed by atoms with Gasteiger partial charge in [-0.25, -0.2) is 4.79 Å². The van der Waals surface area contributed by atoms with Gasteiger partial charge in [0, 0.05) is 19.0 Å². The molecule has 2 N–H and O–H groups in total. The molecule has 1 aromatic rings. The van der Waals surface area contributed by atoms with E-state index in [1.807, 2.05) is 6.07 Å². The molecule has 1 aliphatic carbocycles. The van der Waals surface area contributed by atoms with Crippen LogP contribution in [0.2, 0.25) is 0 Å². The number of carbonyl (C=O) groups is 1. The van der Waals surface area contributed by atoms with Crippen LogP contribution in [0, 0.1) is 0 Å². The lowest BCUT2D eigenvalue weighted by molar-refractivity contribution is 0.156. The fraction of sp³-hybridized carbons (Fsp3) is 0.611. The highest BCUT2D eigenvalue weighted by Crippen LogP contribution is 2.33. The van der Waals surface area contributed by atoms with Gasteiger partial charge >= 0.3 is 6.03 Å². The molecule has 3 rings (SSSR count). The molecule has 1 aromatic carbocycles. The summed E-state index contributed by atoms with van der Waals surface area (Å²) in [5.41, 5.74) is 2.67. The zero-order valence-corrected chi connectivity index (χ0v) is 13.8. The number of aryl methyl sites for hydroxylation is 1. The fourth-order valence-corrected chi connectivity index (χ4v) is 3.84. The minimum atomic E-state index is -0.0396. The number of aliphatic hydroxyl groups is 1. The lowest BCUT2D eigenvalue weighted by Crippen LogP contribution is -2.45. The van der Waals surface area contributed by atoms with Crippen molar-refractivity contribution in [1.82, 2.24) is 10.2 Å². The van der Waals surface area contributed by atoms with Crippen molar-refractivity contribution in [1.29, 1.82) is 0 Å². The number of rotatable bonds is 4. The Labute approximate surface area is 137 Å². The number of hydrogen-bond acceptors (Lipinski definition) is 3. The van der Waals surface area contributed by atoms with Gasteiger partial charge in [0.15, 0.2) is 0 Å². The summed E-state index contributed by atoms with van der Waals surface area (Å²) in [5, 5.41) is 12.4. The number of nitrogens with zero attached hydrogens (tertiary/aromatic N) is 1. The topological polar surface area (TPSA) is 61.8 Å². The number of aliphatic hydroxyl groups excluding tert-OH is 1. The van der Waals surface area contributed by atoms with Crippen molar-refractivity contribution in [2.45, 2.75) is 44.1 Å². The van der Waals surface area contributed by atoms with Crippen LogP contribution in [-0.2, 0) is 6.42 Å². The standard InChI is InChI=1S/C18H26N2O3/c1-23-16-7-8-17-13(10-16)4-2-5-14(17)11-19-18(22)20-9-3-6-15(20)12-21/h7-8,10,14-15,21H,2-6,9,11-12H2,1H3,(H,19,22)/t14-,15-/m1/s1. The van der Waals surface area contributed by atoms with Crippen LogP contribution in [0.3, 0.4) is 0 Å². The molecular formula is C18H26N2O3. The van der Waals surface area contributed by atoms with Crippen LogP contribution in [0.15, 0.2) is 18.2 Å². The number of carbonyl (C=O) groups excluding carboxylic acids is 1. The van der Waals surface area contributed by atoms with E-state index in [0.717, 1.165) is 44.4 Å². The van der Waals surface area contributed by atoms with Gasteiger partial charge in [0.2, 0.25) is 0 Å². The van der Waals surface area contributed by atoms with Gasteiger partial charge in [0.25, 0.3) is 0 Å². The molecule has 1 heterocycles. The summed E-state index contributed by atoms with van der Waals surface area (Å²) in [6.45, 7) is 1.46. The van der Waals surface area contributed by atoms with Crippen molar-refractivity contribution >= 4 is 6.03 Å². The molecular weight excluding hydrogens is 292 g/mol. The largest absolute Gasteiger partial charge is 0.497 e. The van der Waals surface area contributed by atoms with Crippen molar-refractivity contribution in [2.75, 3.05) is 26.8 Å². The monoisotopic (exact) mass is 318 g/mol. The number of benzene rings is 1. The molecule has 5 heteroatoms. The van der Waals surface area contributed by atoms with Crippen molar-refractivity contribution in [2.24, 2.45) is 0 Å². The number of methoxy groups -OCH3 is 1. The highest BCUT2D eigenvalue weighted by atomic mass is 16.5. The number of urea groups is 1. The Bertz CT molecular complexity index is 561. The molecule has 1 aliphatic heterocycles. The molecule has 0 aromatic heterocycles. The van der Waals surface area contributed by atoms with Crippen molar-refractivity contribution in [3.05, 3.63) is 29.3 Å². The Morgan fingerprint density at radius 3 is 3.04 bits per heavy atom. The maximum Gasteiger partial charge on any atom is 0.317 e. The predicted molar refractivity (Wildman–Crippen MR) is 88.9 cm³/mol. The summed E-state index contributed by atoms with van der Waals surface area (Å²) in [7, 11) is 1.69. The van der Waals surface area contributed by atoms with E-state index in [9.17, 15) is 9.90 Å². The molecule has 0 saturated carbocycles. The Morgan fingerprint density at radius 2 is 2.26 bits per heavy atom. The van der Waals surface area contributed by atoms with Gasteiger partial charge in [-0.2, -0.15) is 0 Å². The second-order valence-corrected chi connectivity index (χ2v) is 6.51. The number of ether oxygens (including phenoxy) is 1. The Kier molecular flexibility index (Phi) is 5.06. The van der Waals surface area contributed by atoms with E-state index in [1.165, 1.54) is 11.1 Å². The molecule has 2 aliphatic rings. The highest BCUT2D eigenvalue weighted by Gasteiger charge is 2.29. The van der Waals surface area contributed by atoms with E-state index in [4.69, 9.17) is 4.74 Å². The lowest BCUT2D eigenvalue weighted by Gasteiger charge is -2.28. The first-order valence-corrected chi connectivity index (χ1v) is 8.55. The second-order valence-electron chi connectivity index (χ2n) is 6.51. The third-order valence-electron chi connectivity index (χ3n) is 5.14. The minimum absolute atomic E-state index is 0.0158. The Balaban J connectivity index is 1.62. The summed E-state index contributed by atoms with van der Waals surface area (Å²) in [6, 6.07) is 6.20. The maximum atomic E-state index is 12.4. The van der Waals surface area contributed by atoms with Gasteiger partial charge in [0.05, 0.1) is 19.8 Å². The predicted octanol–water partition coefficient (Wildman–Crippen LogP) is 2.28. The second kappa shape index (κ2) is 7.21. The first kappa shape index (κ1) is 16.1.